The van der Waals surface area contributed by atoms with Gasteiger partial charge in [-0.25, -0.2) is 8.42 Å². The molecule has 0 aliphatic rings. The normalized spacial score (nSPS) is 12.0. The molecule has 0 aromatic heterocycles. The first-order valence-electron chi connectivity index (χ1n) is 13.5. The van der Waals surface area contributed by atoms with Gasteiger partial charge < -0.3 is 10.2 Å². The van der Waals surface area contributed by atoms with E-state index in [1.54, 1.807) is 29.2 Å². The predicted molar refractivity (Wildman–Crippen MR) is 162 cm³/mol. The Bertz CT molecular complexity index is 1350. The highest BCUT2D eigenvalue weighted by Gasteiger charge is 2.30. The third-order valence-corrected chi connectivity index (χ3v) is 8.01. The molecule has 3 rings (SSSR count). The summed E-state index contributed by atoms with van der Waals surface area (Å²) in [5.41, 5.74) is 3.45. The number of aryl methyl sites for hydroxylation is 1. The molecular formula is C31H38ClN3O4S. The maximum Gasteiger partial charge on any atom is 0.243 e. The monoisotopic (exact) mass is 583 g/mol. The van der Waals surface area contributed by atoms with Crippen LogP contribution in [0.25, 0.3) is 0 Å². The zero-order valence-corrected chi connectivity index (χ0v) is 24.9. The fourth-order valence-electron chi connectivity index (χ4n) is 4.42. The molecule has 3 aromatic rings. The van der Waals surface area contributed by atoms with Gasteiger partial charge in [0.15, 0.2) is 0 Å². The van der Waals surface area contributed by atoms with E-state index in [9.17, 15) is 18.0 Å². The van der Waals surface area contributed by atoms with Crippen LogP contribution >= 0.6 is 11.6 Å². The highest BCUT2D eigenvalue weighted by atomic mass is 35.5. The number of amides is 2. The zero-order valence-electron chi connectivity index (χ0n) is 23.3. The molecule has 40 heavy (non-hydrogen) atoms. The number of rotatable bonds is 14. The van der Waals surface area contributed by atoms with Gasteiger partial charge in [-0.2, -0.15) is 0 Å². The molecule has 2 amide bonds. The van der Waals surface area contributed by atoms with Crippen molar-refractivity contribution in [3.63, 3.8) is 0 Å². The first-order valence-corrected chi connectivity index (χ1v) is 15.7. The van der Waals surface area contributed by atoms with Crippen molar-refractivity contribution in [3.8, 4) is 0 Å². The van der Waals surface area contributed by atoms with Crippen molar-refractivity contribution in [2.45, 2.75) is 52.1 Å². The molecule has 7 nitrogen and oxygen atoms in total. The lowest BCUT2D eigenvalue weighted by molar-refractivity contribution is -0.141. The number of halogens is 1. The summed E-state index contributed by atoms with van der Waals surface area (Å²) in [5.74, 6) is -0.414. The lowest BCUT2D eigenvalue weighted by atomic mass is 10.0. The van der Waals surface area contributed by atoms with E-state index in [4.69, 9.17) is 11.6 Å². The second kappa shape index (κ2) is 14.9. The summed E-state index contributed by atoms with van der Waals surface area (Å²) in [4.78, 5) is 28.9. The first-order chi connectivity index (χ1) is 19.1. The summed E-state index contributed by atoms with van der Waals surface area (Å²) >= 11 is 5.98. The standard InChI is InChI=1S/C31H38ClN3O4S/c1-4-20-33-31(37)29(22-25-9-6-5-7-10-25)34(23-26-14-12-24(2)13-15-26)30(36)11-8-21-35(40(3,38)39)28-18-16-27(32)17-19-28/h5-7,9-10,12-19,29H,4,8,11,20-23H2,1-3H3,(H,33,37)/t29-/m0/s1. The Morgan fingerprint density at radius 2 is 1.57 bits per heavy atom. The van der Waals surface area contributed by atoms with Crippen LogP contribution in [0.15, 0.2) is 78.9 Å². The fourth-order valence-corrected chi connectivity index (χ4v) is 5.51. The number of hydrogen-bond donors (Lipinski definition) is 1. The van der Waals surface area contributed by atoms with Gasteiger partial charge in [0.05, 0.1) is 11.9 Å². The van der Waals surface area contributed by atoms with Crippen LogP contribution in [-0.4, -0.2) is 50.5 Å². The third-order valence-electron chi connectivity index (χ3n) is 6.56. The molecule has 214 valence electrons. The maximum atomic E-state index is 13.8. The maximum absolute atomic E-state index is 13.8. The van der Waals surface area contributed by atoms with E-state index in [1.807, 2.05) is 68.4 Å². The van der Waals surface area contributed by atoms with Gasteiger partial charge in [0.1, 0.15) is 6.04 Å². The average molecular weight is 584 g/mol. The molecule has 3 aromatic carbocycles. The van der Waals surface area contributed by atoms with Crippen molar-refractivity contribution in [1.82, 2.24) is 10.2 Å². The number of anilines is 1. The third kappa shape index (κ3) is 9.38. The van der Waals surface area contributed by atoms with E-state index >= 15 is 0 Å². The molecule has 0 heterocycles. The zero-order chi connectivity index (χ0) is 29.1. The molecule has 0 spiro atoms. The molecule has 0 fully saturated rings. The molecule has 0 saturated heterocycles. The van der Waals surface area contributed by atoms with Crippen LogP contribution in [0.2, 0.25) is 5.02 Å². The van der Waals surface area contributed by atoms with Gasteiger partial charge in [-0.1, -0.05) is 78.7 Å². The molecule has 9 heteroatoms. The van der Waals surface area contributed by atoms with Gasteiger partial charge in [0.2, 0.25) is 21.8 Å². The minimum Gasteiger partial charge on any atom is -0.354 e. The summed E-state index contributed by atoms with van der Waals surface area (Å²) in [5, 5.41) is 3.48. The summed E-state index contributed by atoms with van der Waals surface area (Å²) < 4.78 is 26.4. The van der Waals surface area contributed by atoms with Gasteiger partial charge in [0.25, 0.3) is 0 Å². The topological polar surface area (TPSA) is 86.8 Å². The molecule has 0 radical (unpaired) electrons. The minimum absolute atomic E-state index is 0.0812. The predicted octanol–water partition coefficient (Wildman–Crippen LogP) is 5.36. The largest absolute Gasteiger partial charge is 0.354 e. The minimum atomic E-state index is -3.58. The van der Waals surface area contributed by atoms with Crippen molar-refractivity contribution < 1.29 is 18.0 Å². The lowest BCUT2D eigenvalue weighted by Crippen LogP contribution is -2.50. The molecule has 0 aliphatic carbocycles. The van der Waals surface area contributed by atoms with Crippen LogP contribution < -0.4 is 9.62 Å². The molecule has 1 atom stereocenters. The van der Waals surface area contributed by atoms with Crippen molar-refractivity contribution in [1.29, 1.82) is 0 Å². The fraction of sp³-hybridized carbons (Fsp3) is 0.355. The van der Waals surface area contributed by atoms with Gasteiger partial charge >= 0.3 is 0 Å². The van der Waals surface area contributed by atoms with Crippen LogP contribution in [0.4, 0.5) is 5.69 Å². The number of carbonyl (C=O) groups is 2. The Morgan fingerprint density at radius 1 is 0.925 bits per heavy atom. The van der Waals surface area contributed by atoms with E-state index in [1.165, 1.54) is 4.31 Å². The Morgan fingerprint density at radius 3 is 2.17 bits per heavy atom. The van der Waals surface area contributed by atoms with E-state index in [0.29, 0.717) is 23.7 Å². The summed E-state index contributed by atoms with van der Waals surface area (Å²) in [6, 6.07) is 23.4. The van der Waals surface area contributed by atoms with Crippen molar-refractivity contribution in [3.05, 3.63) is 101 Å². The van der Waals surface area contributed by atoms with E-state index in [-0.39, 0.29) is 37.7 Å². The number of nitrogens with one attached hydrogen (secondary N) is 1. The molecule has 0 aliphatic heterocycles. The Labute approximate surface area is 243 Å². The van der Waals surface area contributed by atoms with Gasteiger partial charge in [-0.3, -0.25) is 13.9 Å². The number of hydrogen-bond acceptors (Lipinski definition) is 4. The van der Waals surface area contributed by atoms with Crippen LogP contribution in [-0.2, 0) is 32.6 Å². The molecular weight excluding hydrogens is 546 g/mol. The van der Waals surface area contributed by atoms with Crippen molar-refractivity contribution in [2.75, 3.05) is 23.7 Å². The van der Waals surface area contributed by atoms with E-state index < -0.39 is 16.1 Å². The second-order valence-corrected chi connectivity index (χ2v) is 12.3. The Kier molecular flexibility index (Phi) is 11.6. The van der Waals surface area contributed by atoms with Gasteiger partial charge in [0, 0.05) is 37.5 Å². The summed E-state index contributed by atoms with van der Waals surface area (Å²) in [6.45, 7) is 4.88. The van der Waals surface area contributed by atoms with Crippen LogP contribution in [0, 0.1) is 6.92 Å². The number of sulfonamides is 1. The van der Waals surface area contributed by atoms with Crippen LogP contribution in [0.5, 0.6) is 0 Å². The molecule has 0 saturated carbocycles. The molecule has 0 bridgehead atoms. The smallest absolute Gasteiger partial charge is 0.243 e. The highest BCUT2D eigenvalue weighted by molar-refractivity contribution is 7.92. The Hall–Kier alpha value is -3.36. The Balaban J connectivity index is 1.85. The number of benzene rings is 3. The van der Waals surface area contributed by atoms with Crippen molar-refractivity contribution in [2.24, 2.45) is 0 Å². The second-order valence-electron chi connectivity index (χ2n) is 9.92. The molecule has 0 unspecified atom stereocenters. The van der Waals surface area contributed by atoms with Crippen molar-refractivity contribution >= 4 is 39.1 Å². The van der Waals surface area contributed by atoms with E-state index in [0.717, 1.165) is 29.4 Å². The van der Waals surface area contributed by atoms with Gasteiger partial charge in [-0.05, 0) is 55.2 Å². The number of carbonyl (C=O) groups excluding carboxylic acids is 2. The quantitative estimate of drug-likeness (QED) is 0.277. The van der Waals surface area contributed by atoms with Crippen LogP contribution in [0.3, 0.4) is 0 Å². The molecule has 1 N–H and O–H groups in total. The van der Waals surface area contributed by atoms with E-state index in [2.05, 4.69) is 5.32 Å². The first kappa shape index (κ1) is 31.2. The summed E-state index contributed by atoms with van der Waals surface area (Å²) in [7, 11) is -3.58. The number of nitrogens with zero attached hydrogens (tertiary/aromatic N) is 2. The lowest BCUT2D eigenvalue weighted by Gasteiger charge is -2.32. The summed E-state index contributed by atoms with van der Waals surface area (Å²) in [6.07, 6.45) is 2.66. The highest BCUT2D eigenvalue weighted by Crippen LogP contribution is 2.22. The van der Waals surface area contributed by atoms with Crippen LogP contribution in [0.1, 0.15) is 42.9 Å². The van der Waals surface area contributed by atoms with Gasteiger partial charge in [-0.15, -0.1) is 0 Å². The SMILES string of the molecule is CCCNC(=O)[C@H](Cc1ccccc1)N(Cc1ccc(C)cc1)C(=O)CCCN(c1ccc(Cl)cc1)S(C)(=O)=O. The average Bonchev–Trinajstić information content (AvgIpc) is 2.93.